The number of amides is 1. The fraction of sp³-hybridized carbons (Fsp3) is 0.250. The van der Waals surface area contributed by atoms with Gasteiger partial charge in [0.2, 0.25) is 6.10 Å². The van der Waals surface area contributed by atoms with Gasteiger partial charge in [-0.3, -0.25) is 4.79 Å². The molecular weight excluding hydrogens is 364 g/mol. The highest BCUT2D eigenvalue weighted by atomic mass is 16.6. The second kappa shape index (κ2) is 8.43. The van der Waals surface area contributed by atoms with Gasteiger partial charge in [-0.1, -0.05) is 17.3 Å². The second-order valence-corrected chi connectivity index (χ2v) is 5.93. The molecule has 1 heterocycles. The molecule has 1 amide bonds. The monoisotopic (exact) mass is 384 g/mol. The summed E-state index contributed by atoms with van der Waals surface area (Å²) >= 11 is 0. The Kier molecular flexibility index (Phi) is 5.78. The molecule has 8 nitrogen and oxygen atoms in total. The van der Waals surface area contributed by atoms with Crippen molar-refractivity contribution < 1.29 is 28.6 Å². The van der Waals surface area contributed by atoms with E-state index in [9.17, 15) is 9.59 Å². The largest absolute Gasteiger partial charge is 0.497 e. The van der Waals surface area contributed by atoms with Gasteiger partial charge in [0, 0.05) is 12.0 Å². The number of methoxy groups -OCH3 is 3. The zero-order chi connectivity index (χ0) is 20.1. The molecule has 0 fully saturated rings. The summed E-state index contributed by atoms with van der Waals surface area (Å²) in [4.78, 5) is 29.8. The molecule has 28 heavy (non-hydrogen) atoms. The van der Waals surface area contributed by atoms with Crippen molar-refractivity contribution in [2.75, 3.05) is 26.6 Å². The first-order valence-electron chi connectivity index (χ1n) is 8.50. The Hall–Kier alpha value is -3.55. The molecule has 146 valence electrons. The van der Waals surface area contributed by atoms with Gasteiger partial charge in [0.25, 0.3) is 5.91 Å². The van der Waals surface area contributed by atoms with E-state index in [-0.39, 0.29) is 12.0 Å². The SMILES string of the molecule is COC(=O)c1ccccc1NC(=O)[C@H]1CC(c2cc(OC)ccc2OC)=NO1. The molecule has 0 radical (unpaired) electrons. The molecule has 0 spiro atoms. The van der Waals surface area contributed by atoms with Gasteiger partial charge in [0.05, 0.1) is 38.3 Å². The number of esters is 1. The first kappa shape index (κ1) is 19.2. The lowest BCUT2D eigenvalue weighted by Gasteiger charge is -2.12. The highest BCUT2D eigenvalue weighted by Gasteiger charge is 2.31. The third-order valence-corrected chi connectivity index (χ3v) is 4.27. The summed E-state index contributed by atoms with van der Waals surface area (Å²) < 4.78 is 15.3. The topological polar surface area (TPSA) is 95.5 Å². The summed E-state index contributed by atoms with van der Waals surface area (Å²) in [6.45, 7) is 0. The zero-order valence-electron chi connectivity index (χ0n) is 15.7. The summed E-state index contributed by atoms with van der Waals surface area (Å²) in [6.07, 6.45) is -0.591. The molecule has 0 aromatic heterocycles. The van der Waals surface area contributed by atoms with E-state index in [1.807, 2.05) is 0 Å². The predicted octanol–water partition coefficient (Wildman–Crippen LogP) is 2.62. The van der Waals surface area contributed by atoms with Crippen LogP contribution >= 0.6 is 0 Å². The van der Waals surface area contributed by atoms with E-state index in [1.54, 1.807) is 56.7 Å². The standard InChI is InChI=1S/C20H20N2O6/c1-25-12-8-9-17(26-2)14(10-12)16-11-18(28-22-16)19(23)21-15-7-5-4-6-13(15)20(24)27-3/h4-10,18H,11H2,1-3H3,(H,21,23)/t18-/m1/s1. The molecule has 1 aliphatic heterocycles. The lowest BCUT2D eigenvalue weighted by atomic mass is 10.0. The van der Waals surface area contributed by atoms with Crippen molar-refractivity contribution in [2.24, 2.45) is 5.16 Å². The number of hydrogen-bond acceptors (Lipinski definition) is 7. The molecule has 1 aliphatic rings. The smallest absolute Gasteiger partial charge is 0.339 e. The van der Waals surface area contributed by atoms with Crippen molar-refractivity contribution in [3.05, 3.63) is 53.6 Å². The van der Waals surface area contributed by atoms with E-state index in [4.69, 9.17) is 19.0 Å². The van der Waals surface area contributed by atoms with Gasteiger partial charge < -0.3 is 24.4 Å². The Labute approximate surface area is 162 Å². The molecule has 1 atom stereocenters. The van der Waals surface area contributed by atoms with Gasteiger partial charge in [-0.2, -0.15) is 0 Å². The van der Waals surface area contributed by atoms with Crippen LogP contribution in [0.25, 0.3) is 0 Å². The van der Waals surface area contributed by atoms with Crippen LogP contribution in [0.4, 0.5) is 5.69 Å². The first-order chi connectivity index (χ1) is 13.6. The average Bonchev–Trinajstić information content (AvgIpc) is 3.23. The second-order valence-electron chi connectivity index (χ2n) is 5.93. The number of hydrogen-bond donors (Lipinski definition) is 1. The van der Waals surface area contributed by atoms with Crippen LogP contribution < -0.4 is 14.8 Å². The van der Waals surface area contributed by atoms with Crippen molar-refractivity contribution >= 4 is 23.3 Å². The molecule has 0 saturated carbocycles. The van der Waals surface area contributed by atoms with Crippen LogP contribution in [0.15, 0.2) is 47.6 Å². The summed E-state index contributed by atoms with van der Waals surface area (Å²) in [5.41, 5.74) is 1.85. The number of oxime groups is 1. The van der Waals surface area contributed by atoms with Crippen molar-refractivity contribution in [1.29, 1.82) is 0 Å². The zero-order valence-corrected chi connectivity index (χ0v) is 15.7. The fourth-order valence-corrected chi connectivity index (χ4v) is 2.81. The minimum absolute atomic E-state index is 0.246. The number of benzene rings is 2. The van der Waals surface area contributed by atoms with Crippen LogP contribution in [0.5, 0.6) is 11.5 Å². The quantitative estimate of drug-likeness (QED) is 0.770. The molecule has 0 unspecified atom stereocenters. The van der Waals surface area contributed by atoms with Crippen LogP contribution in [0.1, 0.15) is 22.3 Å². The van der Waals surface area contributed by atoms with E-state index >= 15 is 0 Å². The van der Waals surface area contributed by atoms with Crippen LogP contribution in [-0.4, -0.2) is 45.0 Å². The summed E-state index contributed by atoms with van der Waals surface area (Å²) in [6, 6.07) is 11.9. The molecule has 2 aromatic rings. The Bertz CT molecular complexity index is 925. The number of anilines is 1. The molecule has 0 bridgehead atoms. The number of nitrogens with one attached hydrogen (secondary N) is 1. The molecule has 8 heteroatoms. The molecule has 0 saturated heterocycles. The highest BCUT2D eigenvalue weighted by Crippen LogP contribution is 2.29. The number of para-hydroxylation sites is 1. The van der Waals surface area contributed by atoms with Crippen molar-refractivity contribution in [2.45, 2.75) is 12.5 Å². The van der Waals surface area contributed by atoms with Gasteiger partial charge in [-0.15, -0.1) is 0 Å². The normalized spacial score (nSPS) is 15.2. The lowest BCUT2D eigenvalue weighted by molar-refractivity contribution is -0.125. The van der Waals surface area contributed by atoms with Crippen LogP contribution in [0.2, 0.25) is 0 Å². The van der Waals surface area contributed by atoms with E-state index in [0.717, 1.165) is 0 Å². The number of carbonyl (C=O) groups excluding carboxylic acids is 2. The molecular formula is C20H20N2O6. The van der Waals surface area contributed by atoms with E-state index in [2.05, 4.69) is 10.5 Å². The number of ether oxygens (including phenoxy) is 3. The maximum absolute atomic E-state index is 12.6. The fourth-order valence-electron chi connectivity index (χ4n) is 2.81. The summed E-state index contributed by atoms with van der Waals surface area (Å²) in [5, 5.41) is 6.73. The molecule has 2 aromatic carbocycles. The third-order valence-electron chi connectivity index (χ3n) is 4.27. The Morgan fingerprint density at radius 3 is 2.61 bits per heavy atom. The maximum atomic E-state index is 12.6. The molecule has 3 rings (SSSR count). The van der Waals surface area contributed by atoms with Crippen LogP contribution in [0.3, 0.4) is 0 Å². The van der Waals surface area contributed by atoms with Gasteiger partial charge in [0.15, 0.2) is 0 Å². The van der Waals surface area contributed by atoms with Gasteiger partial charge in [-0.25, -0.2) is 4.79 Å². The Morgan fingerprint density at radius 2 is 1.89 bits per heavy atom. The van der Waals surface area contributed by atoms with E-state index in [0.29, 0.717) is 28.5 Å². The van der Waals surface area contributed by atoms with Crippen molar-refractivity contribution in [1.82, 2.24) is 0 Å². The van der Waals surface area contributed by atoms with Gasteiger partial charge in [0.1, 0.15) is 11.5 Å². The van der Waals surface area contributed by atoms with Crippen molar-refractivity contribution in [3.8, 4) is 11.5 Å². The first-order valence-corrected chi connectivity index (χ1v) is 8.50. The minimum atomic E-state index is -0.836. The number of rotatable bonds is 6. The van der Waals surface area contributed by atoms with Gasteiger partial charge >= 0.3 is 5.97 Å². The minimum Gasteiger partial charge on any atom is -0.497 e. The number of nitrogens with zero attached hydrogens (tertiary/aromatic N) is 1. The van der Waals surface area contributed by atoms with Gasteiger partial charge in [-0.05, 0) is 30.3 Å². The predicted molar refractivity (Wildman–Crippen MR) is 102 cm³/mol. The van der Waals surface area contributed by atoms with Crippen molar-refractivity contribution in [3.63, 3.8) is 0 Å². The van der Waals surface area contributed by atoms with E-state index < -0.39 is 18.0 Å². The highest BCUT2D eigenvalue weighted by molar-refractivity contribution is 6.09. The molecule has 0 aliphatic carbocycles. The Balaban J connectivity index is 1.74. The lowest BCUT2D eigenvalue weighted by Crippen LogP contribution is -2.28. The maximum Gasteiger partial charge on any atom is 0.339 e. The number of carbonyl (C=O) groups is 2. The average molecular weight is 384 g/mol. The Morgan fingerprint density at radius 1 is 1.11 bits per heavy atom. The summed E-state index contributed by atoms with van der Waals surface area (Å²) in [5.74, 6) is 0.275. The molecule has 1 N–H and O–H groups in total. The summed E-state index contributed by atoms with van der Waals surface area (Å²) in [7, 11) is 4.39. The van der Waals surface area contributed by atoms with Crippen LogP contribution in [0, 0.1) is 0 Å². The third kappa shape index (κ3) is 3.90. The van der Waals surface area contributed by atoms with Crippen LogP contribution in [-0.2, 0) is 14.4 Å². The van der Waals surface area contributed by atoms with E-state index in [1.165, 1.54) is 7.11 Å².